The molecule has 0 aliphatic heterocycles. The molecule has 2 aromatic rings. The number of benzene rings is 2. The van der Waals surface area contributed by atoms with Crippen LogP contribution >= 0.6 is 11.6 Å². The predicted octanol–water partition coefficient (Wildman–Crippen LogP) is 3.15. The first-order valence-electron chi connectivity index (χ1n) is 7.95. The van der Waals surface area contributed by atoms with Crippen LogP contribution in [0.1, 0.15) is 11.6 Å². The topological polar surface area (TPSA) is 50.8 Å². The van der Waals surface area contributed by atoms with E-state index in [0.717, 1.165) is 11.3 Å². The van der Waals surface area contributed by atoms with E-state index in [-0.39, 0.29) is 18.6 Å². The van der Waals surface area contributed by atoms with E-state index in [1.807, 2.05) is 43.3 Å². The molecule has 6 heteroatoms. The van der Waals surface area contributed by atoms with Gasteiger partial charge in [0.25, 0.3) is 5.91 Å². The lowest BCUT2D eigenvalue weighted by molar-refractivity contribution is -0.123. The molecule has 2 aromatic carbocycles. The monoisotopic (exact) mass is 362 g/mol. The third kappa shape index (κ3) is 5.66. The van der Waals surface area contributed by atoms with Crippen molar-refractivity contribution in [3.8, 4) is 11.5 Å². The fourth-order valence-corrected chi connectivity index (χ4v) is 2.66. The van der Waals surface area contributed by atoms with Crippen molar-refractivity contribution in [1.29, 1.82) is 0 Å². The van der Waals surface area contributed by atoms with E-state index in [1.165, 1.54) is 0 Å². The molecule has 2 rings (SSSR count). The molecule has 0 aliphatic rings. The number of carbonyl (C=O) groups excluding carboxylic acids is 1. The Hall–Kier alpha value is -2.24. The maximum absolute atomic E-state index is 12.1. The van der Waals surface area contributed by atoms with Crippen molar-refractivity contribution in [1.82, 2.24) is 10.2 Å². The number of hydrogen-bond donors (Lipinski definition) is 1. The highest BCUT2D eigenvalue weighted by molar-refractivity contribution is 6.30. The van der Waals surface area contributed by atoms with E-state index >= 15 is 0 Å². The van der Waals surface area contributed by atoms with Gasteiger partial charge in [-0.3, -0.25) is 4.79 Å². The van der Waals surface area contributed by atoms with Crippen molar-refractivity contribution >= 4 is 17.5 Å². The minimum absolute atomic E-state index is 0.00808. The Morgan fingerprint density at radius 2 is 1.96 bits per heavy atom. The summed E-state index contributed by atoms with van der Waals surface area (Å²) >= 11 is 5.90. The van der Waals surface area contributed by atoms with Crippen LogP contribution in [0.25, 0.3) is 0 Å². The largest absolute Gasteiger partial charge is 0.496 e. The Bertz CT molecular complexity index is 707. The molecule has 1 amide bonds. The molecular weight excluding hydrogens is 340 g/mol. The summed E-state index contributed by atoms with van der Waals surface area (Å²) in [6.07, 6.45) is 0. The van der Waals surface area contributed by atoms with Gasteiger partial charge in [-0.1, -0.05) is 35.9 Å². The average Bonchev–Trinajstić information content (AvgIpc) is 2.60. The number of amides is 1. The van der Waals surface area contributed by atoms with Crippen LogP contribution in [0, 0.1) is 0 Å². The fraction of sp³-hybridized carbons (Fsp3) is 0.316. The molecule has 0 aliphatic carbocycles. The second-order valence-electron chi connectivity index (χ2n) is 5.77. The molecule has 0 heterocycles. The number of para-hydroxylation sites is 1. The number of nitrogens with zero attached hydrogens (tertiary/aromatic N) is 1. The second kappa shape index (κ2) is 9.30. The molecule has 1 N–H and O–H groups in total. The molecule has 0 bridgehead atoms. The maximum Gasteiger partial charge on any atom is 0.258 e. The number of likely N-dealkylation sites (N-methyl/N-ethyl adjacent to an activating group) is 1. The summed E-state index contributed by atoms with van der Waals surface area (Å²) < 4.78 is 10.9. The lowest BCUT2D eigenvalue weighted by Crippen LogP contribution is -2.37. The highest BCUT2D eigenvalue weighted by Crippen LogP contribution is 2.27. The first-order valence-corrected chi connectivity index (χ1v) is 8.33. The highest BCUT2D eigenvalue weighted by atomic mass is 35.5. The highest BCUT2D eigenvalue weighted by Gasteiger charge is 2.19. The molecule has 134 valence electrons. The van der Waals surface area contributed by atoms with Gasteiger partial charge in [-0.25, -0.2) is 0 Å². The van der Waals surface area contributed by atoms with Crippen LogP contribution in [-0.4, -0.2) is 45.2 Å². The van der Waals surface area contributed by atoms with Crippen LogP contribution in [0.2, 0.25) is 5.02 Å². The molecule has 0 spiro atoms. The van der Waals surface area contributed by atoms with E-state index in [1.54, 1.807) is 31.4 Å². The van der Waals surface area contributed by atoms with Crippen LogP contribution in [-0.2, 0) is 4.79 Å². The first kappa shape index (κ1) is 19.1. The number of carbonyl (C=O) groups is 1. The Balaban J connectivity index is 1.93. The number of hydrogen-bond acceptors (Lipinski definition) is 4. The molecule has 0 radical (unpaired) electrons. The summed E-state index contributed by atoms with van der Waals surface area (Å²) in [7, 11) is 5.57. The van der Waals surface area contributed by atoms with Crippen LogP contribution in [0.15, 0.2) is 48.5 Å². The quantitative estimate of drug-likeness (QED) is 0.783. The molecule has 0 saturated heterocycles. The van der Waals surface area contributed by atoms with Gasteiger partial charge < -0.3 is 19.7 Å². The van der Waals surface area contributed by atoms with Crippen molar-refractivity contribution in [2.45, 2.75) is 6.04 Å². The summed E-state index contributed by atoms with van der Waals surface area (Å²) in [5.74, 6) is 1.17. The summed E-state index contributed by atoms with van der Waals surface area (Å²) in [4.78, 5) is 14.1. The Labute approximate surface area is 153 Å². The van der Waals surface area contributed by atoms with Crippen molar-refractivity contribution in [2.24, 2.45) is 0 Å². The van der Waals surface area contributed by atoms with Gasteiger partial charge in [0, 0.05) is 17.1 Å². The maximum atomic E-state index is 12.1. The Morgan fingerprint density at radius 1 is 1.20 bits per heavy atom. The average molecular weight is 363 g/mol. The van der Waals surface area contributed by atoms with E-state index in [9.17, 15) is 4.79 Å². The van der Waals surface area contributed by atoms with Gasteiger partial charge >= 0.3 is 0 Å². The van der Waals surface area contributed by atoms with Gasteiger partial charge in [-0.15, -0.1) is 0 Å². The van der Waals surface area contributed by atoms with Crippen LogP contribution < -0.4 is 14.8 Å². The molecule has 25 heavy (non-hydrogen) atoms. The molecule has 0 aromatic heterocycles. The van der Waals surface area contributed by atoms with Gasteiger partial charge in [-0.05, 0) is 38.4 Å². The zero-order chi connectivity index (χ0) is 18.2. The van der Waals surface area contributed by atoms with Crippen molar-refractivity contribution in [3.63, 3.8) is 0 Å². The van der Waals surface area contributed by atoms with Crippen LogP contribution in [0.5, 0.6) is 11.5 Å². The SMILES string of the molecule is COc1ccccc1C(CNC(=O)COc1cccc(Cl)c1)N(C)C. The van der Waals surface area contributed by atoms with Gasteiger partial charge in [0.05, 0.1) is 13.2 Å². The van der Waals surface area contributed by atoms with Crippen LogP contribution in [0.4, 0.5) is 0 Å². The third-order valence-corrected chi connectivity index (χ3v) is 4.01. The lowest BCUT2D eigenvalue weighted by Gasteiger charge is -2.26. The van der Waals surface area contributed by atoms with E-state index in [0.29, 0.717) is 17.3 Å². The standard InChI is InChI=1S/C19H23ClN2O3/c1-22(2)17(16-9-4-5-10-18(16)24-3)12-21-19(23)13-25-15-8-6-7-14(20)11-15/h4-11,17H,12-13H2,1-3H3,(H,21,23). The predicted molar refractivity (Wildman–Crippen MR) is 99.4 cm³/mol. The molecule has 5 nitrogen and oxygen atoms in total. The van der Waals surface area contributed by atoms with Crippen molar-refractivity contribution in [2.75, 3.05) is 34.4 Å². The summed E-state index contributed by atoms with van der Waals surface area (Å²) in [6.45, 7) is 0.386. The summed E-state index contributed by atoms with van der Waals surface area (Å²) in [5, 5.41) is 3.48. The first-order chi connectivity index (χ1) is 12.0. The van der Waals surface area contributed by atoms with Crippen molar-refractivity contribution in [3.05, 3.63) is 59.1 Å². The third-order valence-electron chi connectivity index (χ3n) is 3.78. The van der Waals surface area contributed by atoms with Gasteiger partial charge in [0.2, 0.25) is 0 Å². The summed E-state index contributed by atoms with van der Waals surface area (Å²) in [5.41, 5.74) is 1.02. The summed E-state index contributed by atoms with van der Waals surface area (Å²) in [6, 6.07) is 14.7. The Morgan fingerprint density at radius 3 is 2.64 bits per heavy atom. The number of rotatable bonds is 8. The molecule has 0 fully saturated rings. The number of nitrogens with one attached hydrogen (secondary N) is 1. The van der Waals surface area contributed by atoms with Crippen LogP contribution in [0.3, 0.4) is 0 Å². The molecule has 1 atom stereocenters. The minimum Gasteiger partial charge on any atom is -0.496 e. The molecule has 0 saturated carbocycles. The zero-order valence-electron chi connectivity index (χ0n) is 14.7. The van der Waals surface area contributed by atoms with E-state index < -0.39 is 0 Å². The second-order valence-corrected chi connectivity index (χ2v) is 6.21. The molecular formula is C19H23ClN2O3. The van der Waals surface area contributed by atoms with E-state index in [2.05, 4.69) is 5.32 Å². The lowest BCUT2D eigenvalue weighted by atomic mass is 10.0. The smallest absolute Gasteiger partial charge is 0.258 e. The van der Waals surface area contributed by atoms with Crippen molar-refractivity contribution < 1.29 is 14.3 Å². The normalized spacial score (nSPS) is 11.9. The fourth-order valence-electron chi connectivity index (χ4n) is 2.48. The van der Waals surface area contributed by atoms with Gasteiger partial charge in [0.15, 0.2) is 6.61 Å². The van der Waals surface area contributed by atoms with E-state index in [4.69, 9.17) is 21.1 Å². The number of methoxy groups -OCH3 is 1. The van der Waals surface area contributed by atoms with Gasteiger partial charge in [0.1, 0.15) is 11.5 Å². The Kier molecular flexibility index (Phi) is 7.10. The van der Waals surface area contributed by atoms with Gasteiger partial charge in [-0.2, -0.15) is 0 Å². The minimum atomic E-state index is -0.193. The zero-order valence-corrected chi connectivity index (χ0v) is 15.4. The molecule has 1 unspecified atom stereocenters. The number of halogens is 1. The number of ether oxygens (including phenoxy) is 2.